The molecule has 2 heterocycles. The Morgan fingerprint density at radius 3 is 2.46 bits per heavy atom. The van der Waals surface area contributed by atoms with Crippen molar-refractivity contribution in [3.8, 4) is 0 Å². The van der Waals surface area contributed by atoms with Gasteiger partial charge in [0.15, 0.2) is 0 Å². The summed E-state index contributed by atoms with van der Waals surface area (Å²) in [5, 5.41) is 17.1. The Labute approximate surface area is 150 Å². The Hall–Kier alpha value is -3.13. The monoisotopic (exact) mass is 368 g/mol. The molecule has 7 nitrogen and oxygen atoms in total. The van der Waals surface area contributed by atoms with Gasteiger partial charge < -0.3 is 5.21 Å². The number of nitrogens with zero attached hydrogens (tertiary/aromatic N) is 4. The van der Waals surface area contributed by atoms with Crippen LogP contribution in [0.1, 0.15) is 16.7 Å². The zero-order valence-corrected chi connectivity index (χ0v) is 14.8. The molecule has 1 N–H and O–H groups in total. The Morgan fingerprint density at radius 1 is 1.04 bits per heavy atom. The molecule has 0 unspecified atom stereocenters. The first-order chi connectivity index (χ1) is 12.5. The summed E-state index contributed by atoms with van der Waals surface area (Å²) in [5.41, 5.74) is 2.41. The molecule has 0 saturated carbocycles. The first kappa shape index (κ1) is 16.3. The van der Waals surface area contributed by atoms with E-state index in [0.717, 1.165) is 5.56 Å². The van der Waals surface area contributed by atoms with Gasteiger partial charge in [0.1, 0.15) is 5.71 Å². The van der Waals surface area contributed by atoms with Crippen molar-refractivity contribution in [2.75, 3.05) is 11.4 Å². The lowest BCUT2D eigenvalue weighted by atomic mass is 10.0. The van der Waals surface area contributed by atoms with Crippen LogP contribution < -0.4 is 4.31 Å². The van der Waals surface area contributed by atoms with Crippen molar-refractivity contribution in [3.05, 3.63) is 77.5 Å². The maximum absolute atomic E-state index is 13.0. The molecule has 26 heavy (non-hydrogen) atoms. The highest BCUT2D eigenvalue weighted by atomic mass is 32.2. The van der Waals surface area contributed by atoms with E-state index >= 15 is 0 Å². The van der Waals surface area contributed by atoms with Gasteiger partial charge >= 0.3 is 0 Å². The topological polar surface area (TPSA) is 87.8 Å². The van der Waals surface area contributed by atoms with E-state index < -0.39 is 10.0 Å². The average molecular weight is 368 g/mol. The number of benzene rings is 2. The van der Waals surface area contributed by atoms with Gasteiger partial charge in [-0.3, -0.25) is 8.99 Å². The maximum Gasteiger partial charge on any atom is 0.284 e. The van der Waals surface area contributed by atoms with Gasteiger partial charge in [0.05, 0.1) is 17.8 Å². The second kappa shape index (κ2) is 5.99. The SMILES string of the molecule is CN1c2ccccc2/C(=N/O)c2cn(Cc3ccccc3)nc2S1(=O)=O. The van der Waals surface area contributed by atoms with Crippen molar-refractivity contribution in [1.29, 1.82) is 0 Å². The van der Waals surface area contributed by atoms with Crippen molar-refractivity contribution < 1.29 is 13.6 Å². The van der Waals surface area contributed by atoms with E-state index in [1.54, 1.807) is 35.1 Å². The number of hydrogen-bond acceptors (Lipinski definition) is 5. The van der Waals surface area contributed by atoms with Crippen molar-refractivity contribution in [1.82, 2.24) is 9.78 Å². The van der Waals surface area contributed by atoms with E-state index in [4.69, 9.17) is 0 Å². The van der Waals surface area contributed by atoms with Crippen LogP contribution >= 0.6 is 0 Å². The molecule has 1 aliphatic rings. The minimum atomic E-state index is -3.88. The van der Waals surface area contributed by atoms with Crippen LogP contribution in [0.15, 0.2) is 71.0 Å². The largest absolute Gasteiger partial charge is 0.410 e. The number of anilines is 1. The summed E-state index contributed by atoms with van der Waals surface area (Å²) >= 11 is 0. The van der Waals surface area contributed by atoms with Crippen LogP contribution in [0.25, 0.3) is 0 Å². The fraction of sp³-hybridized carbons (Fsp3) is 0.111. The van der Waals surface area contributed by atoms with E-state index in [9.17, 15) is 13.6 Å². The summed E-state index contributed by atoms with van der Waals surface area (Å²) in [7, 11) is -2.41. The lowest BCUT2D eigenvalue weighted by Gasteiger charge is -2.18. The zero-order valence-electron chi connectivity index (χ0n) is 13.9. The third-order valence-corrected chi connectivity index (χ3v) is 6.08. The van der Waals surface area contributed by atoms with E-state index in [1.165, 1.54) is 11.4 Å². The number of sulfonamides is 1. The fourth-order valence-electron chi connectivity index (χ4n) is 3.07. The van der Waals surface area contributed by atoms with E-state index in [-0.39, 0.29) is 16.3 Å². The number of para-hydroxylation sites is 1. The van der Waals surface area contributed by atoms with Crippen molar-refractivity contribution in [3.63, 3.8) is 0 Å². The highest BCUT2D eigenvalue weighted by molar-refractivity contribution is 7.92. The molecule has 0 radical (unpaired) electrons. The van der Waals surface area contributed by atoms with Crippen molar-refractivity contribution >= 4 is 21.4 Å². The average Bonchev–Trinajstić information content (AvgIpc) is 3.05. The Morgan fingerprint density at radius 2 is 1.73 bits per heavy atom. The van der Waals surface area contributed by atoms with Crippen LogP contribution in [0.4, 0.5) is 5.69 Å². The molecule has 1 aliphatic heterocycles. The highest BCUT2D eigenvalue weighted by Crippen LogP contribution is 2.33. The van der Waals surface area contributed by atoms with Gasteiger partial charge in [-0.25, -0.2) is 0 Å². The summed E-state index contributed by atoms with van der Waals surface area (Å²) in [6.07, 6.45) is 1.60. The van der Waals surface area contributed by atoms with Crippen LogP contribution in [0.5, 0.6) is 0 Å². The van der Waals surface area contributed by atoms with Crippen LogP contribution in [0.3, 0.4) is 0 Å². The number of rotatable bonds is 2. The molecule has 0 aliphatic carbocycles. The molecular weight excluding hydrogens is 352 g/mol. The molecule has 132 valence electrons. The van der Waals surface area contributed by atoms with Gasteiger partial charge in [0, 0.05) is 18.8 Å². The number of oxime groups is 1. The van der Waals surface area contributed by atoms with Crippen LogP contribution in [-0.2, 0) is 16.6 Å². The minimum absolute atomic E-state index is 0.125. The highest BCUT2D eigenvalue weighted by Gasteiger charge is 2.36. The minimum Gasteiger partial charge on any atom is -0.410 e. The molecule has 3 aromatic rings. The van der Waals surface area contributed by atoms with E-state index in [2.05, 4.69) is 10.3 Å². The van der Waals surface area contributed by atoms with Crippen LogP contribution in [0, 0.1) is 0 Å². The van der Waals surface area contributed by atoms with E-state index in [0.29, 0.717) is 17.8 Å². The number of aromatic nitrogens is 2. The van der Waals surface area contributed by atoms with Gasteiger partial charge in [0.25, 0.3) is 10.0 Å². The number of fused-ring (bicyclic) bond motifs is 2. The Bertz CT molecular complexity index is 1100. The van der Waals surface area contributed by atoms with Gasteiger partial charge in [-0.15, -0.1) is 0 Å². The second-order valence-corrected chi connectivity index (χ2v) is 7.85. The first-order valence-electron chi connectivity index (χ1n) is 7.94. The molecular formula is C18H16N4O3S. The van der Waals surface area contributed by atoms with Crippen LogP contribution in [-0.4, -0.2) is 36.2 Å². The Balaban J connectivity index is 1.91. The zero-order chi connectivity index (χ0) is 18.3. The molecule has 0 amide bonds. The molecule has 0 atom stereocenters. The Kier molecular flexibility index (Phi) is 3.77. The summed E-state index contributed by atoms with van der Waals surface area (Å²) in [6, 6.07) is 16.5. The smallest absolute Gasteiger partial charge is 0.284 e. The van der Waals surface area contributed by atoms with Gasteiger partial charge in [-0.2, -0.15) is 13.5 Å². The summed E-state index contributed by atoms with van der Waals surface area (Å²) in [5.74, 6) is 0. The third-order valence-electron chi connectivity index (χ3n) is 4.37. The van der Waals surface area contributed by atoms with Crippen molar-refractivity contribution in [2.45, 2.75) is 11.6 Å². The van der Waals surface area contributed by atoms with Gasteiger partial charge in [0.2, 0.25) is 5.03 Å². The molecule has 8 heteroatoms. The van der Waals surface area contributed by atoms with E-state index in [1.807, 2.05) is 30.3 Å². The molecule has 0 spiro atoms. The lowest BCUT2D eigenvalue weighted by molar-refractivity contribution is 0.319. The quantitative estimate of drug-likeness (QED) is 0.555. The third kappa shape index (κ3) is 2.46. The first-order valence-corrected chi connectivity index (χ1v) is 9.38. The van der Waals surface area contributed by atoms with Crippen molar-refractivity contribution in [2.24, 2.45) is 5.16 Å². The summed E-state index contributed by atoms with van der Waals surface area (Å²) in [6.45, 7) is 0.410. The molecule has 4 rings (SSSR count). The van der Waals surface area contributed by atoms with Gasteiger partial charge in [-0.1, -0.05) is 53.7 Å². The standard InChI is InChI=1S/C18H16N4O3S/c1-21-16-10-6-5-9-14(16)17(20-23)15-12-22(19-18(15)26(21,24)25)11-13-7-3-2-4-8-13/h2-10,12,23H,11H2,1H3/b20-17-. The predicted molar refractivity (Wildman–Crippen MR) is 97.2 cm³/mol. The molecule has 0 bridgehead atoms. The molecule has 2 aromatic carbocycles. The lowest BCUT2D eigenvalue weighted by Crippen LogP contribution is -2.27. The van der Waals surface area contributed by atoms with Gasteiger partial charge in [-0.05, 0) is 11.6 Å². The molecule has 1 aromatic heterocycles. The number of hydrogen-bond donors (Lipinski definition) is 1. The summed E-state index contributed by atoms with van der Waals surface area (Å²) in [4.78, 5) is 0. The second-order valence-electron chi connectivity index (χ2n) is 5.97. The summed E-state index contributed by atoms with van der Waals surface area (Å²) < 4.78 is 28.8. The normalized spacial score (nSPS) is 16.8. The molecule has 0 fully saturated rings. The maximum atomic E-state index is 13.0. The van der Waals surface area contributed by atoms with Crippen LogP contribution in [0.2, 0.25) is 0 Å². The molecule has 0 saturated heterocycles. The predicted octanol–water partition coefficient (Wildman–Crippen LogP) is 2.30. The fourth-order valence-corrected chi connectivity index (χ4v) is 4.38.